The predicted octanol–water partition coefficient (Wildman–Crippen LogP) is -0.494. The number of nitrogens with two attached hydrogens (primary N) is 1. The first-order valence-electron chi connectivity index (χ1n) is 9.95. The van der Waals surface area contributed by atoms with Crippen LogP contribution in [0.3, 0.4) is 0 Å². The molecule has 2 rings (SSSR count). The van der Waals surface area contributed by atoms with Crippen LogP contribution >= 0.6 is 0 Å². The normalized spacial score (nSPS) is 15.7. The second kappa shape index (κ2) is 11.7. The lowest BCUT2D eigenvalue weighted by Gasteiger charge is -2.30. The van der Waals surface area contributed by atoms with Crippen molar-refractivity contribution in [1.29, 1.82) is 0 Å². The first kappa shape index (κ1) is 23.9. The maximum atomic E-state index is 12.8. The van der Waals surface area contributed by atoms with Crippen molar-refractivity contribution in [3.63, 3.8) is 0 Å². The fourth-order valence-corrected chi connectivity index (χ4v) is 2.72. The van der Waals surface area contributed by atoms with E-state index in [0.29, 0.717) is 31.9 Å². The van der Waals surface area contributed by atoms with Crippen LogP contribution in [0.4, 0.5) is 4.79 Å². The fraction of sp³-hybridized carbons (Fsp3) is 0.611. The van der Waals surface area contributed by atoms with Gasteiger partial charge in [-0.1, -0.05) is 18.5 Å². The van der Waals surface area contributed by atoms with Gasteiger partial charge < -0.3 is 29.7 Å². The standard InChI is InChI=1S/C18H28N6O7/c1-2-3-10-30-17(28)24-18(19,15(26)27)13(12-5-7-23-31-12)14(25)29-11-4-6-20-16-21-8-9-22-16/h5,7,13H,2-4,6,8-11,19H2,1H3,(H,24,28)(H,26,27)(H2,20,21,22). The minimum atomic E-state index is -2.58. The number of hydrogen-bond acceptors (Lipinski definition) is 11. The van der Waals surface area contributed by atoms with Gasteiger partial charge in [-0.25, -0.2) is 9.59 Å². The van der Waals surface area contributed by atoms with Crippen LogP contribution in [0.5, 0.6) is 0 Å². The van der Waals surface area contributed by atoms with Gasteiger partial charge in [0.2, 0.25) is 5.66 Å². The number of amides is 1. The number of carboxylic acids is 1. The SMILES string of the molecule is CCCCOC(=O)NC(N)(C(=O)O)C(C(=O)OCCCNC1=NCCN1)c1ccno1. The molecule has 31 heavy (non-hydrogen) atoms. The molecule has 0 aliphatic carbocycles. The van der Waals surface area contributed by atoms with Gasteiger partial charge in [0.1, 0.15) is 0 Å². The molecule has 0 spiro atoms. The summed E-state index contributed by atoms with van der Waals surface area (Å²) in [4.78, 5) is 40.9. The summed E-state index contributed by atoms with van der Waals surface area (Å²) in [7, 11) is 0. The number of aliphatic imine (C=N–C) groups is 1. The zero-order valence-electron chi connectivity index (χ0n) is 17.3. The number of nitrogens with one attached hydrogen (secondary N) is 3. The Morgan fingerprint density at radius 3 is 2.74 bits per heavy atom. The molecule has 1 aromatic heterocycles. The van der Waals surface area contributed by atoms with Crippen LogP contribution in [0, 0.1) is 0 Å². The van der Waals surface area contributed by atoms with Crippen LogP contribution in [0.2, 0.25) is 0 Å². The van der Waals surface area contributed by atoms with Crippen LogP contribution in [0.15, 0.2) is 21.8 Å². The van der Waals surface area contributed by atoms with E-state index in [0.717, 1.165) is 13.0 Å². The van der Waals surface area contributed by atoms with Gasteiger partial charge in [-0.3, -0.25) is 20.8 Å². The van der Waals surface area contributed by atoms with Crippen molar-refractivity contribution in [3.8, 4) is 0 Å². The second-order valence-corrected chi connectivity index (χ2v) is 6.74. The van der Waals surface area contributed by atoms with E-state index >= 15 is 0 Å². The molecule has 2 unspecified atom stereocenters. The van der Waals surface area contributed by atoms with E-state index < -0.39 is 29.6 Å². The molecule has 2 atom stereocenters. The average molecular weight is 440 g/mol. The molecule has 0 fully saturated rings. The minimum Gasteiger partial charge on any atom is -0.478 e. The maximum Gasteiger partial charge on any atom is 0.409 e. The largest absolute Gasteiger partial charge is 0.478 e. The first-order valence-corrected chi connectivity index (χ1v) is 9.95. The molecule has 1 aliphatic rings. The molecule has 0 saturated carbocycles. The van der Waals surface area contributed by atoms with E-state index in [1.807, 2.05) is 6.92 Å². The summed E-state index contributed by atoms with van der Waals surface area (Å²) in [6, 6.07) is 1.27. The van der Waals surface area contributed by atoms with E-state index in [1.165, 1.54) is 12.3 Å². The zero-order valence-corrected chi connectivity index (χ0v) is 17.3. The quantitative estimate of drug-likeness (QED) is 0.160. The lowest BCUT2D eigenvalue weighted by molar-refractivity contribution is -0.157. The fourth-order valence-electron chi connectivity index (χ4n) is 2.72. The molecule has 172 valence electrons. The Labute approximate surface area is 178 Å². The number of guanidine groups is 1. The highest BCUT2D eigenvalue weighted by atomic mass is 16.6. The van der Waals surface area contributed by atoms with Crippen molar-refractivity contribution < 1.29 is 33.5 Å². The average Bonchev–Trinajstić information content (AvgIpc) is 3.42. The third-order valence-electron chi connectivity index (χ3n) is 4.36. The monoisotopic (exact) mass is 440 g/mol. The molecule has 6 N–H and O–H groups in total. The van der Waals surface area contributed by atoms with E-state index in [-0.39, 0.29) is 19.0 Å². The zero-order chi connectivity index (χ0) is 22.7. The number of unbranched alkanes of at least 4 members (excludes halogenated alkanes) is 1. The second-order valence-electron chi connectivity index (χ2n) is 6.74. The third kappa shape index (κ3) is 6.84. The van der Waals surface area contributed by atoms with Gasteiger partial charge in [0.25, 0.3) is 0 Å². The number of rotatable bonds is 12. The summed E-state index contributed by atoms with van der Waals surface area (Å²) >= 11 is 0. The van der Waals surface area contributed by atoms with Gasteiger partial charge in [-0.2, -0.15) is 0 Å². The highest BCUT2D eigenvalue weighted by molar-refractivity contribution is 5.93. The molecule has 0 aromatic carbocycles. The Morgan fingerprint density at radius 2 is 2.13 bits per heavy atom. The van der Waals surface area contributed by atoms with Crippen molar-refractivity contribution in [2.75, 3.05) is 32.8 Å². The van der Waals surface area contributed by atoms with Crippen LogP contribution in [0.1, 0.15) is 37.9 Å². The molecule has 0 saturated heterocycles. The van der Waals surface area contributed by atoms with Gasteiger partial charge in [0.05, 0.1) is 26.0 Å². The van der Waals surface area contributed by atoms with E-state index in [2.05, 4.69) is 26.1 Å². The Balaban J connectivity index is 2.02. The number of aromatic nitrogens is 1. The van der Waals surface area contributed by atoms with Gasteiger partial charge in [0, 0.05) is 19.2 Å². The number of alkyl carbamates (subject to hydrolysis) is 1. The molecule has 1 aromatic rings. The number of ether oxygens (including phenoxy) is 2. The van der Waals surface area contributed by atoms with E-state index in [9.17, 15) is 19.5 Å². The summed E-state index contributed by atoms with van der Waals surface area (Å²) in [6.07, 6.45) is 1.92. The Hall–Kier alpha value is -3.35. The first-order chi connectivity index (χ1) is 14.9. The van der Waals surface area contributed by atoms with Crippen LogP contribution in [0.25, 0.3) is 0 Å². The number of hydrogen-bond donors (Lipinski definition) is 5. The molecule has 0 radical (unpaired) electrons. The molecule has 13 nitrogen and oxygen atoms in total. The van der Waals surface area contributed by atoms with Gasteiger partial charge in [-0.05, 0) is 12.8 Å². The third-order valence-corrected chi connectivity index (χ3v) is 4.36. The number of carbonyl (C=O) groups is 3. The Kier molecular flexibility index (Phi) is 9.06. The number of esters is 1. The summed E-state index contributed by atoms with van der Waals surface area (Å²) in [5.74, 6) is -3.87. The van der Waals surface area contributed by atoms with Crippen molar-refractivity contribution in [3.05, 3.63) is 18.0 Å². The van der Waals surface area contributed by atoms with Crippen molar-refractivity contribution in [1.82, 2.24) is 21.1 Å². The van der Waals surface area contributed by atoms with Crippen LogP contribution in [-0.4, -0.2) is 72.8 Å². The molecule has 0 bridgehead atoms. The van der Waals surface area contributed by atoms with Crippen LogP contribution in [-0.2, 0) is 19.1 Å². The molecular weight excluding hydrogens is 412 g/mol. The molecule has 13 heteroatoms. The van der Waals surface area contributed by atoms with Crippen LogP contribution < -0.4 is 21.7 Å². The smallest absolute Gasteiger partial charge is 0.409 e. The van der Waals surface area contributed by atoms with Crippen molar-refractivity contribution in [2.24, 2.45) is 10.7 Å². The summed E-state index contributed by atoms with van der Waals surface area (Å²) in [6.45, 7) is 3.87. The lowest BCUT2D eigenvalue weighted by Crippen LogP contribution is -2.66. The predicted molar refractivity (Wildman–Crippen MR) is 107 cm³/mol. The highest BCUT2D eigenvalue weighted by Gasteiger charge is 2.52. The molecule has 1 aliphatic heterocycles. The number of aliphatic carboxylic acids is 1. The Bertz CT molecular complexity index is 769. The maximum absolute atomic E-state index is 12.8. The molecule has 2 heterocycles. The van der Waals surface area contributed by atoms with Gasteiger partial charge in [-0.15, -0.1) is 0 Å². The molecular formula is C18H28N6O7. The Morgan fingerprint density at radius 1 is 1.35 bits per heavy atom. The van der Waals surface area contributed by atoms with Crippen molar-refractivity contribution in [2.45, 2.75) is 37.8 Å². The van der Waals surface area contributed by atoms with Crippen molar-refractivity contribution >= 4 is 24.0 Å². The summed E-state index contributed by atoms with van der Waals surface area (Å²) in [5, 5.41) is 21.3. The topological polar surface area (TPSA) is 190 Å². The highest BCUT2D eigenvalue weighted by Crippen LogP contribution is 2.27. The summed E-state index contributed by atoms with van der Waals surface area (Å²) in [5.41, 5.74) is 3.38. The molecule has 1 amide bonds. The van der Waals surface area contributed by atoms with E-state index in [4.69, 9.17) is 19.7 Å². The van der Waals surface area contributed by atoms with Gasteiger partial charge >= 0.3 is 18.0 Å². The minimum absolute atomic E-state index is 0.0274. The van der Waals surface area contributed by atoms with E-state index in [1.54, 1.807) is 0 Å². The summed E-state index contributed by atoms with van der Waals surface area (Å²) < 4.78 is 15.1. The number of carbonyl (C=O) groups excluding carboxylic acids is 2. The number of nitrogens with zero attached hydrogens (tertiary/aromatic N) is 2. The lowest BCUT2D eigenvalue weighted by atomic mass is 9.90. The number of carboxylic acid groups (broad SMARTS) is 1. The van der Waals surface area contributed by atoms with Gasteiger partial charge in [0.15, 0.2) is 17.6 Å².